The average molecular weight is 332 g/mol. The Bertz CT molecular complexity index is 426. The summed E-state index contributed by atoms with van der Waals surface area (Å²) in [5.74, 6) is -0.566. The van der Waals surface area contributed by atoms with E-state index in [0.29, 0.717) is 6.54 Å². The van der Waals surface area contributed by atoms with Crippen LogP contribution in [-0.4, -0.2) is 19.1 Å². The third-order valence-electron chi connectivity index (χ3n) is 2.88. The number of unbranched alkanes of at least 4 members (excludes halogenated alkanes) is 1. The monoisotopic (exact) mass is 331 g/mol. The first kappa shape index (κ1) is 16.1. The van der Waals surface area contributed by atoms with Gasteiger partial charge >= 0.3 is 5.97 Å². The molecule has 1 rings (SSSR count). The maximum absolute atomic E-state index is 13.2. The number of halogens is 2. The Morgan fingerprint density at radius 2 is 2.26 bits per heavy atom. The van der Waals surface area contributed by atoms with Gasteiger partial charge in [-0.15, -0.1) is 0 Å². The van der Waals surface area contributed by atoms with Gasteiger partial charge in [0.2, 0.25) is 0 Å². The van der Waals surface area contributed by atoms with E-state index in [4.69, 9.17) is 4.74 Å². The smallest absolute Gasteiger partial charge is 0.322 e. The zero-order chi connectivity index (χ0) is 14.3. The molecule has 1 unspecified atom stereocenters. The average Bonchev–Trinajstić information content (AvgIpc) is 2.41. The molecule has 0 spiro atoms. The molecule has 0 bridgehead atoms. The topological polar surface area (TPSA) is 38.3 Å². The summed E-state index contributed by atoms with van der Waals surface area (Å²) < 4.78 is 18.7. The fraction of sp³-hybridized carbons (Fsp3) is 0.500. The van der Waals surface area contributed by atoms with Gasteiger partial charge in [0.25, 0.3) is 0 Å². The lowest BCUT2D eigenvalue weighted by Crippen LogP contribution is -2.37. The molecule has 0 saturated heterocycles. The molecule has 0 amide bonds. The summed E-state index contributed by atoms with van der Waals surface area (Å²) in [5, 5.41) is 3.12. The SMILES string of the molecule is CCCCC(NCc1cc(F)ccc1Br)C(=O)OC. The molecule has 5 heteroatoms. The van der Waals surface area contributed by atoms with Gasteiger partial charge in [-0.1, -0.05) is 35.7 Å². The van der Waals surface area contributed by atoms with E-state index < -0.39 is 0 Å². The second kappa shape index (κ2) is 8.27. The maximum atomic E-state index is 13.2. The molecule has 0 aromatic heterocycles. The number of nitrogens with one attached hydrogen (secondary N) is 1. The number of benzene rings is 1. The fourth-order valence-corrected chi connectivity index (χ4v) is 2.15. The van der Waals surface area contributed by atoms with Crippen LogP contribution >= 0.6 is 15.9 Å². The van der Waals surface area contributed by atoms with E-state index in [0.717, 1.165) is 29.3 Å². The lowest BCUT2D eigenvalue weighted by molar-refractivity contribution is -0.143. The van der Waals surface area contributed by atoms with Crippen LogP contribution in [0.5, 0.6) is 0 Å². The van der Waals surface area contributed by atoms with E-state index in [2.05, 4.69) is 28.2 Å². The molecule has 3 nitrogen and oxygen atoms in total. The van der Waals surface area contributed by atoms with Crippen LogP contribution in [0.1, 0.15) is 31.7 Å². The van der Waals surface area contributed by atoms with Crippen molar-refractivity contribution in [1.82, 2.24) is 5.32 Å². The summed E-state index contributed by atoms with van der Waals surface area (Å²) in [6.07, 6.45) is 2.67. The first-order valence-corrected chi connectivity index (χ1v) is 7.13. The highest BCUT2D eigenvalue weighted by molar-refractivity contribution is 9.10. The third kappa shape index (κ3) is 5.28. The normalized spacial score (nSPS) is 12.2. The van der Waals surface area contributed by atoms with Gasteiger partial charge in [-0.3, -0.25) is 4.79 Å². The summed E-state index contributed by atoms with van der Waals surface area (Å²) in [6.45, 7) is 2.49. The van der Waals surface area contributed by atoms with Crippen LogP contribution in [0.25, 0.3) is 0 Å². The van der Waals surface area contributed by atoms with Crippen molar-refractivity contribution in [3.63, 3.8) is 0 Å². The van der Waals surface area contributed by atoms with Crippen LogP contribution in [0, 0.1) is 5.82 Å². The molecule has 0 aliphatic rings. The van der Waals surface area contributed by atoms with Gasteiger partial charge in [0.1, 0.15) is 11.9 Å². The predicted octanol–water partition coefficient (Wildman–Crippen LogP) is 3.41. The molecule has 0 saturated carbocycles. The molecule has 1 atom stereocenters. The lowest BCUT2D eigenvalue weighted by atomic mass is 10.1. The molecule has 106 valence electrons. The van der Waals surface area contributed by atoms with Gasteiger partial charge in [0.05, 0.1) is 7.11 Å². The molecule has 1 aromatic carbocycles. The molecule has 0 radical (unpaired) electrons. The van der Waals surface area contributed by atoms with E-state index in [1.807, 2.05) is 0 Å². The molecule has 1 N–H and O–H groups in total. The standard InChI is InChI=1S/C14H19BrFNO2/c1-3-4-5-13(14(18)19-2)17-9-10-8-11(16)6-7-12(10)15/h6-8,13,17H,3-5,9H2,1-2H3. The van der Waals surface area contributed by atoms with Crippen molar-refractivity contribution in [2.45, 2.75) is 38.8 Å². The second-order valence-electron chi connectivity index (χ2n) is 4.33. The molecule has 0 fully saturated rings. The quantitative estimate of drug-likeness (QED) is 0.778. The van der Waals surface area contributed by atoms with Crippen molar-refractivity contribution in [2.24, 2.45) is 0 Å². The molecule has 1 aromatic rings. The number of rotatable bonds is 7. The Kier molecular flexibility index (Phi) is 7.02. The number of carbonyl (C=O) groups is 1. The van der Waals surface area contributed by atoms with Gasteiger partial charge in [-0.25, -0.2) is 4.39 Å². The van der Waals surface area contributed by atoms with Crippen molar-refractivity contribution in [3.8, 4) is 0 Å². The maximum Gasteiger partial charge on any atom is 0.322 e. The minimum absolute atomic E-state index is 0.277. The van der Waals surface area contributed by atoms with Crippen molar-refractivity contribution in [1.29, 1.82) is 0 Å². The van der Waals surface area contributed by atoms with E-state index in [-0.39, 0.29) is 17.8 Å². The van der Waals surface area contributed by atoms with Crippen LogP contribution < -0.4 is 5.32 Å². The highest BCUT2D eigenvalue weighted by atomic mass is 79.9. The largest absolute Gasteiger partial charge is 0.468 e. The minimum atomic E-state index is -0.347. The van der Waals surface area contributed by atoms with Crippen LogP contribution in [0.15, 0.2) is 22.7 Å². The van der Waals surface area contributed by atoms with Crippen molar-refractivity contribution in [2.75, 3.05) is 7.11 Å². The third-order valence-corrected chi connectivity index (χ3v) is 3.65. The van der Waals surface area contributed by atoms with E-state index in [1.54, 1.807) is 6.07 Å². The summed E-state index contributed by atoms with van der Waals surface area (Å²) in [4.78, 5) is 11.6. The lowest BCUT2D eigenvalue weighted by Gasteiger charge is -2.16. The molecular formula is C14H19BrFNO2. The van der Waals surface area contributed by atoms with Crippen LogP contribution in [0.4, 0.5) is 4.39 Å². The zero-order valence-electron chi connectivity index (χ0n) is 11.2. The first-order valence-electron chi connectivity index (χ1n) is 6.33. The van der Waals surface area contributed by atoms with Crippen LogP contribution in [0.2, 0.25) is 0 Å². The second-order valence-corrected chi connectivity index (χ2v) is 5.19. The summed E-state index contributed by atoms with van der Waals surface area (Å²) in [7, 11) is 1.38. The fourth-order valence-electron chi connectivity index (χ4n) is 1.77. The minimum Gasteiger partial charge on any atom is -0.468 e. The summed E-state index contributed by atoms with van der Waals surface area (Å²) in [6, 6.07) is 4.15. The Balaban J connectivity index is 2.64. The first-order chi connectivity index (χ1) is 9.08. The van der Waals surface area contributed by atoms with E-state index in [1.165, 1.54) is 19.2 Å². The number of carbonyl (C=O) groups excluding carboxylic acids is 1. The Hall–Kier alpha value is -0.940. The number of hydrogen-bond acceptors (Lipinski definition) is 3. The highest BCUT2D eigenvalue weighted by Gasteiger charge is 2.18. The number of methoxy groups -OCH3 is 1. The molecule has 19 heavy (non-hydrogen) atoms. The van der Waals surface area contributed by atoms with Gasteiger partial charge in [-0.05, 0) is 30.2 Å². The van der Waals surface area contributed by atoms with Crippen molar-refractivity contribution >= 4 is 21.9 Å². The van der Waals surface area contributed by atoms with Crippen LogP contribution in [0.3, 0.4) is 0 Å². The Morgan fingerprint density at radius 3 is 2.89 bits per heavy atom. The van der Waals surface area contributed by atoms with Gasteiger partial charge in [-0.2, -0.15) is 0 Å². The predicted molar refractivity (Wildman–Crippen MR) is 76.3 cm³/mol. The zero-order valence-corrected chi connectivity index (χ0v) is 12.8. The molecule has 0 aliphatic carbocycles. The van der Waals surface area contributed by atoms with Gasteiger partial charge in [0.15, 0.2) is 0 Å². The highest BCUT2D eigenvalue weighted by Crippen LogP contribution is 2.18. The Morgan fingerprint density at radius 1 is 1.53 bits per heavy atom. The van der Waals surface area contributed by atoms with E-state index in [9.17, 15) is 9.18 Å². The van der Waals surface area contributed by atoms with E-state index >= 15 is 0 Å². The Labute approximate surface area is 121 Å². The molecule has 0 aliphatic heterocycles. The number of hydrogen-bond donors (Lipinski definition) is 1. The van der Waals surface area contributed by atoms with Crippen molar-refractivity contribution in [3.05, 3.63) is 34.1 Å². The number of ether oxygens (including phenoxy) is 1. The van der Waals surface area contributed by atoms with Gasteiger partial charge < -0.3 is 10.1 Å². The van der Waals surface area contributed by atoms with Gasteiger partial charge in [0, 0.05) is 11.0 Å². The summed E-state index contributed by atoms with van der Waals surface area (Å²) >= 11 is 3.36. The molecule has 0 heterocycles. The molecular weight excluding hydrogens is 313 g/mol. The summed E-state index contributed by atoms with van der Waals surface area (Å²) in [5.41, 5.74) is 0.783. The van der Waals surface area contributed by atoms with Crippen LogP contribution in [-0.2, 0) is 16.1 Å². The number of esters is 1. The van der Waals surface area contributed by atoms with Crippen molar-refractivity contribution < 1.29 is 13.9 Å².